The Morgan fingerprint density at radius 2 is 1.02 bits per heavy atom. The number of quaternary nitrogens is 1. The summed E-state index contributed by atoms with van der Waals surface area (Å²) in [6, 6.07) is 0.802. The molecule has 2 N–H and O–H groups in total. The van der Waals surface area contributed by atoms with Crippen molar-refractivity contribution in [2.24, 2.45) is 0 Å². The average molecular weight is 695 g/mol. The molecule has 0 aliphatic carbocycles. The number of aliphatic hydroxyl groups excluding tert-OH is 2. The molecule has 0 saturated heterocycles. The van der Waals surface area contributed by atoms with Gasteiger partial charge in [0.05, 0.1) is 79.5 Å². The van der Waals surface area contributed by atoms with E-state index in [1.165, 1.54) is 109 Å². The number of rotatable bonds is 39. The Bertz CT molecular complexity index is 625. The molecular formula is C37H80NO8Si+. The first-order valence-electron chi connectivity index (χ1n) is 19.6. The van der Waals surface area contributed by atoms with Crippen LogP contribution in [0.3, 0.4) is 0 Å². The first-order chi connectivity index (χ1) is 22.9. The van der Waals surface area contributed by atoms with Crippen molar-refractivity contribution in [1.29, 1.82) is 0 Å². The minimum absolute atomic E-state index is 0.00591. The van der Waals surface area contributed by atoms with Crippen molar-refractivity contribution < 1.29 is 42.2 Å². The van der Waals surface area contributed by atoms with E-state index >= 15 is 0 Å². The Morgan fingerprint density at radius 1 is 0.532 bits per heavy atom. The molecule has 0 aromatic carbocycles. The lowest BCUT2D eigenvalue weighted by molar-refractivity contribution is -0.890. The molecule has 1 unspecified atom stereocenters. The van der Waals surface area contributed by atoms with E-state index in [9.17, 15) is 0 Å². The predicted molar refractivity (Wildman–Crippen MR) is 196 cm³/mol. The fraction of sp³-hybridized carbons (Fsp3) is 1.00. The molecular weight excluding hydrogens is 614 g/mol. The summed E-state index contributed by atoms with van der Waals surface area (Å²) in [5.74, 6) is 0. The van der Waals surface area contributed by atoms with Gasteiger partial charge >= 0.3 is 8.80 Å². The number of ether oxygens (including phenoxy) is 3. The van der Waals surface area contributed by atoms with Crippen molar-refractivity contribution in [1.82, 2.24) is 0 Å². The minimum Gasteiger partial charge on any atom is -0.394 e. The van der Waals surface area contributed by atoms with Crippen LogP contribution in [0.15, 0.2) is 0 Å². The summed E-state index contributed by atoms with van der Waals surface area (Å²) in [7, 11) is 1.86. The molecule has 0 aromatic heterocycles. The van der Waals surface area contributed by atoms with Gasteiger partial charge in [-0.3, -0.25) is 0 Å². The summed E-state index contributed by atoms with van der Waals surface area (Å²) in [5, 5.41) is 18.0. The molecule has 0 aromatic rings. The highest BCUT2D eigenvalue weighted by Crippen LogP contribution is 2.21. The molecule has 284 valence electrons. The van der Waals surface area contributed by atoms with E-state index in [0.717, 1.165) is 23.5 Å². The number of unbranched alkanes of at least 4 members (excludes halogenated alkanes) is 15. The maximum absolute atomic E-state index is 9.08. The van der Waals surface area contributed by atoms with E-state index in [1.54, 1.807) is 0 Å². The van der Waals surface area contributed by atoms with Gasteiger partial charge in [0.1, 0.15) is 0 Å². The summed E-state index contributed by atoms with van der Waals surface area (Å²) in [6.45, 7) is 11.9. The molecule has 10 heteroatoms. The smallest absolute Gasteiger partial charge is 0.394 e. The maximum Gasteiger partial charge on any atom is 0.501 e. The van der Waals surface area contributed by atoms with E-state index in [0.29, 0.717) is 52.7 Å². The molecule has 0 fully saturated rings. The van der Waals surface area contributed by atoms with Gasteiger partial charge in [0.2, 0.25) is 0 Å². The van der Waals surface area contributed by atoms with E-state index in [2.05, 4.69) is 21.0 Å². The number of aliphatic hydroxyl groups is 2. The number of nitrogens with zero attached hydrogens (tertiary/aromatic N) is 1. The van der Waals surface area contributed by atoms with Crippen LogP contribution in [-0.2, 0) is 27.5 Å². The van der Waals surface area contributed by atoms with Gasteiger partial charge in [-0.2, -0.15) is 0 Å². The monoisotopic (exact) mass is 695 g/mol. The Morgan fingerprint density at radius 3 is 1.53 bits per heavy atom. The topological polar surface area (TPSA) is 95.8 Å². The summed E-state index contributed by atoms with van der Waals surface area (Å²) in [4.78, 5) is 0. The van der Waals surface area contributed by atoms with Gasteiger partial charge in [0.25, 0.3) is 0 Å². The molecule has 0 heterocycles. The number of hydrogen-bond acceptors (Lipinski definition) is 8. The second kappa shape index (κ2) is 34.3. The van der Waals surface area contributed by atoms with Crippen LogP contribution in [0.2, 0.25) is 6.04 Å². The van der Waals surface area contributed by atoms with Gasteiger partial charge in [-0.25, -0.2) is 0 Å². The van der Waals surface area contributed by atoms with Crippen LogP contribution in [0.25, 0.3) is 0 Å². The highest BCUT2D eigenvalue weighted by Gasteiger charge is 2.41. The largest absolute Gasteiger partial charge is 0.501 e. The van der Waals surface area contributed by atoms with E-state index in [-0.39, 0.29) is 25.9 Å². The molecule has 0 aliphatic rings. The van der Waals surface area contributed by atoms with Crippen molar-refractivity contribution in [3.8, 4) is 0 Å². The summed E-state index contributed by atoms with van der Waals surface area (Å²) >= 11 is 0. The second-order valence-electron chi connectivity index (χ2n) is 13.6. The molecule has 0 aliphatic heterocycles. The van der Waals surface area contributed by atoms with Crippen LogP contribution >= 0.6 is 0 Å². The number of hydrogen-bond donors (Lipinski definition) is 2. The van der Waals surface area contributed by atoms with E-state index < -0.39 is 8.80 Å². The Labute approximate surface area is 292 Å². The molecule has 1 atom stereocenters. The molecule has 0 rings (SSSR count). The third kappa shape index (κ3) is 30.4. The van der Waals surface area contributed by atoms with Crippen molar-refractivity contribution in [3.63, 3.8) is 0 Å². The third-order valence-corrected chi connectivity index (χ3v) is 11.8. The first kappa shape index (κ1) is 46.9. The van der Waals surface area contributed by atoms with Crippen LogP contribution in [0.4, 0.5) is 0 Å². The fourth-order valence-corrected chi connectivity index (χ4v) is 8.57. The zero-order valence-corrected chi connectivity index (χ0v) is 32.8. The van der Waals surface area contributed by atoms with Crippen LogP contribution in [0.5, 0.6) is 0 Å². The molecule has 0 saturated carbocycles. The summed E-state index contributed by atoms with van der Waals surface area (Å²) in [6.07, 6.45) is 23.9. The van der Waals surface area contributed by atoms with Gasteiger partial charge in [-0.1, -0.05) is 96.8 Å². The normalized spacial score (nSPS) is 13.1. The lowest BCUT2D eigenvalue weighted by atomic mass is 10.0. The molecule has 9 nitrogen and oxygen atoms in total. The third-order valence-electron chi connectivity index (χ3n) is 8.71. The molecule has 0 amide bonds. The van der Waals surface area contributed by atoms with Gasteiger partial charge in [0.15, 0.2) is 0 Å². The molecule has 0 spiro atoms. The standard InChI is InChI=1S/C37H80NO8Si/c1-6-9-10-11-12-13-14-15-16-17-18-19-20-21-22-23-26-38(4,5)27-24-35-47(44-7-2,45-8-3)46-30-25-37(36-42-32-29-40)43-34-33-41-31-28-39/h37,39-40H,6-36H2,1-5H3/q+1. The fourth-order valence-electron chi connectivity index (χ4n) is 5.98. The first-order valence-corrected chi connectivity index (χ1v) is 21.5. The van der Waals surface area contributed by atoms with Gasteiger partial charge in [0, 0.05) is 32.3 Å². The highest BCUT2D eigenvalue weighted by molar-refractivity contribution is 6.60. The van der Waals surface area contributed by atoms with Crippen LogP contribution in [-0.4, -0.2) is 123 Å². The maximum atomic E-state index is 9.08. The summed E-state index contributed by atoms with van der Waals surface area (Å²) < 4.78 is 36.7. The SMILES string of the molecule is CCCCCCCCCCCCCCCCCC[N+](C)(C)CCC[Si](OCC)(OCC)OCCC(COCCO)OCCOCCO. The lowest BCUT2D eigenvalue weighted by Crippen LogP contribution is -2.48. The zero-order chi connectivity index (χ0) is 34.7. The van der Waals surface area contributed by atoms with Gasteiger partial charge in [-0.05, 0) is 33.1 Å². The zero-order valence-electron chi connectivity index (χ0n) is 31.8. The average Bonchev–Trinajstić information content (AvgIpc) is 3.04. The summed E-state index contributed by atoms with van der Waals surface area (Å²) in [5.41, 5.74) is 0. The molecule has 47 heavy (non-hydrogen) atoms. The van der Waals surface area contributed by atoms with Crippen molar-refractivity contribution in [3.05, 3.63) is 0 Å². The second-order valence-corrected chi connectivity index (χ2v) is 16.3. The predicted octanol–water partition coefficient (Wildman–Crippen LogP) is 7.54. The van der Waals surface area contributed by atoms with Gasteiger partial charge in [-0.15, -0.1) is 0 Å². The van der Waals surface area contributed by atoms with E-state index in [1.807, 2.05) is 13.8 Å². The molecule has 0 radical (unpaired) electrons. The lowest BCUT2D eigenvalue weighted by Gasteiger charge is -2.33. The minimum atomic E-state index is -2.82. The van der Waals surface area contributed by atoms with Gasteiger partial charge < -0.3 is 42.2 Å². The Hall–Kier alpha value is -0.143. The van der Waals surface area contributed by atoms with Crippen LogP contribution in [0, 0.1) is 0 Å². The van der Waals surface area contributed by atoms with Crippen molar-refractivity contribution in [2.75, 3.05) is 93.3 Å². The Kier molecular flexibility index (Phi) is 34.2. The quantitative estimate of drug-likeness (QED) is 0.0387. The van der Waals surface area contributed by atoms with Crippen molar-refractivity contribution in [2.45, 2.75) is 148 Å². The Balaban J connectivity index is 4.31. The van der Waals surface area contributed by atoms with Crippen LogP contribution in [0.1, 0.15) is 136 Å². The molecule has 0 bridgehead atoms. The van der Waals surface area contributed by atoms with Crippen LogP contribution < -0.4 is 0 Å². The highest BCUT2D eigenvalue weighted by atomic mass is 28.4. The van der Waals surface area contributed by atoms with Crippen molar-refractivity contribution >= 4 is 8.80 Å². The van der Waals surface area contributed by atoms with E-state index in [4.69, 9.17) is 37.7 Å².